The maximum atomic E-state index is 12.3. The van der Waals surface area contributed by atoms with Crippen molar-refractivity contribution in [3.05, 3.63) is 0 Å². The van der Waals surface area contributed by atoms with Gasteiger partial charge in [-0.1, -0.05) is 13.3 Å². The van der Waals surface area contributed by atoms with Crippen molar-refractivity contribution in [2.75, 3.05) is 13.7 Å². The van der Waals surface area contributed by atoms with Crippen molar-refractivity contribution in [3.8, 4) is 0 Å². The maximum Gasteiger partial charge on any atom is 0.411 e. The Balaban J connectivity index is 5.15. The molecule has 1 N–H and O–H groups in total. The summed E-state index contributed by atoms with van der Waals surface area (Å²) in [4.78, 5) is 25.6. The Morgan fingerprint density at radius 3 is 2.19 bits per heavy atom. The summed E-state index contributed by atoms with van der Waals surface area (Å²) in [6, 6.07) is -0.686. The van der Waals surface area contributed by atoms with Crippen LogP contribution >= 0.6 is 0 Å². The van der Waals surface area contributed by atoms with E-state index in [9.17, 15) is 14.7 Å². The van der Waals surface area contributed by atoms with Gasteiger partial charge >= 0.3 is 12.1 Å². The standard InChI is InChI=1S/C15H29NO5/c1-7-8-12(13(18)20-6)16(10-9-11(2)17)14(19)21-15(3,4)5/h11-12,17H,7-10H2,1-6H3. The van der Waals surface area contributed by atoms with Gasteiger partial charge in [-0.3, -0.25) is 4.90 Å². The summed E-state index contributed by atoms with van der Waals surface area (Å²) < 4.78 is 10.1. The zero-order chi connectivity index (χ0) is 16.6. The summed E-state index contributed by atoms with van der Waals surface area (Å²) in [5, 5.41) is 9.43. The number of hydrogen-bond acceptors (Lipinski definition) is 5. The Morgan fingerprint density at radius 1 is 1.24 bits per heavy atom. The van der Waals surface area contributed by atoms with Gasteiger partial charge in [0.1, 0.15) is 11.6 Å². The van der Waals surface area contributed by atoms with Gasteiger partial charge in [-0.05, 0) is 40.5 Å². The maximum absolute atomic E-state index is 12.3. The van der Waals surface area contributed by atoms with E-state index in [1.54, 1.807) is 27.7 Å². The smallest absolute Gasteiger partial charge is 0.411 e. The van der Waals surface area contributed by atoms with Crippen LogP contribution in [-0.4, -0.2) is 53.5 Å². The van der Waals surface area contributed by atoms with Gasteiger partial charge in [0.05, 0.1) is 13.2 Å². The normalized spacial score (nSPS) is 14.2. The highest BCUT2D eigenvalue weighted by Crippen LogP contribution is 2.16. The van der Waals surface area contributed by atoms with Crippen LogP contribution in [0.25, 0.3) is 0 Å². The van der Waals surface area contributed by atoms with Gasteiger partial charge in [0.2, 0.25) is 0 Å². The molecule has 0 radical (unpaired) electrons. The zero-order valence-electron chi connectivity index (χ0n) is 14.0. The largest absolute Gasteiger partial charge is 0.467 e. The van der Waals surface area contributed by atoms with Crippen LogP contribution in [0, 0.1) is 0 Å². The molecule has 0 aromatic rings. The molecular formula is C15H29NO5. The number of esters is 1. The molecule has 2 atom stereocenters. The van der Waals surface area contributed by atoms with Crippen molar-refractivity contribution in [2.45, 2.75) is 71.6 Å². The van der Waals surface area contributed by atoms with Crippen LogP contribution in [0.1, 0.15) is 53.9 Å². The Kier molecular flexibility index (Phi) is 8.32. The quantitative estimate of drug-likeness (QED) is 0.731. The molecule has 6 nitrogen and oxygen atoms in total. The van der Waals surface area contributed by atoms with Gasteiger partial charge in [-0.25, -0.2) is 9.59 Å². The van der Waals surface area contributed by atoms with Crippen molar-refractivity contribution in [2.24, 2.45) is 0 Å². The minimum absolute atomic E-state index is 0.242. The van der Waals surface area contributed by atoms with Gasteiger partial charge in [0.15, 0.2) is 0 Å². The molecule has 2 unspecified atom stereocenters. The van der Waals surface area contributed by atoms with Crippen LogP contribution in [0.5, 0.6) is 0 Å². The number of carbonyl (C=O) groups excluding carboxylic acids is 2. The van der Waals surface area contributed by atoms with Crippen LogP contribution in [0.4, 0.5) is 4.79 Å². The van der Waals surface area contributed by atoms with Gasteiger partial charge < -0.3 is 14.6 Å². The van der Waals surface area contributed by atoms with E-state index >= 15 is 0 Å². The van der Waals surface area contributed by atoms with Crippen molar-refractivity contribution in [1.29, 1.82) is 0 Å². The van der Waals surface area contributed by atoms with E-state index in [1.165, 1.54) is 12.0 Å². The van der Waals surface area contributed by atoms with Crippen molar-refractivity contribution < 1.29 is 24.2 Å². The number of aliphatic hydroxyl groups is 1. The fraction of sp³-hybridized carbons (Fsp3) is 0.867. The second-order valence-electron chi connectivity index (χ2n) is 6.14. The van der Waals surface area contributed by atoms with Crippen molar-refractivity contribution in [1.82, 2.24) is 4.90 Å². The van der Waals surface area contributed by atoms with Gasteiger partial charge in [-0.15, -0.1) is 0 Å². The summed E-state index contributed by atoms with van der Waals surface area (Å²) in [6.07, 6.45) is 0.470. The molecule has 0 aromatic carbocycles. The van der Waals surface area contributed by atoms with E-state index in [0.717, 1.165) is 6.42 Å². The van der Waals surface area contributed by atoms with E-state index in [0.29, 0.717) is 12.8 Å². The predicted octanol–water partition coefficient (Wildman–Crippen LogP) is 2.34. The SMILES string of the molecule is CCCC(C(=O)OC)N(CCC(C)O)C(=O)OC(C)(C)C. The fourth-order valence-corrected chi connectivity index (χ4v) is 1.83. The lowest BCUT2D eigenvalue weighted by molar-refractivity contribution is -0.147. The van der Waals surface area contributed by atoms with E-state index < -0.39 is 29.8 Å². The molecule has 0 aliphatic carbocycles. The lowest BCUT2D eigenvalue weighted by atomic mass is 10.1. The second-order valence-corrected chi connectivity index (χ2v) is 6.14. The van der Waals surface area contributed by atoms with Crippen LogP contribution < -0.4 is 0 Å². The summed E-state index contributed by atoms with van der Waals surface area (Å²) in [5.74, 6) is -0.465. The first-order valence-electron chi connectivity index (χ1n) is 7.37. The number of carbonyl (C=O) groups is 2. The third kappa shape index (κ3) is 7.90. The lowest BCUT2D eigenvalue weighted by Crippen LogP contribution is -2.48. The molecule has 1 amide bonds. The molecule has 0 saturated heterocycles. The molecule has 0 rings (SSSR count). The third-order valence-corrected chi connectivity index (χ3v) is 2.83. The minimum Gasteiger partial charge on any atom is -0.467 e. The molecule has 0 aromatic heterocycles. The summed E-state index contributed by atoms with van der Waals surface area (Å²) in [6.45, 7) is 9.12. The number of nitrogens with zero attached hydrogens (tertiary/aromatic N) is 1. The predicted molar refractivity (Wildman–Crippen MR) is 79.9 cm³/mol. The van der Waals surface area contributed by atoms with E-state index in [4.69, 9.17) is 9.47 Å². The monoisotopic (exact) mass is 303 g/mol. The fourth-order valence-electron chi connectivity index (χ4n) is 1.83. The van der Waals surface area contributed by atoms with Crippen LogP contribution in [-0.2, 0) is 14.3 Å². The van der Waals surface area contributed by atoms with Crippen LogP contribution in [0.2, 0.25) is 0 Å². The highest BCUT2D eigenvalue weighted by Gasteiger charge is 2.33. The molecule has 0 aliphatic rings. The molecule has 124 valence electrons. The Bertz CT molecular complexity index is 335. The number of hydrogen-bond donors (Lipinski definition) is 1. The van der Waals surface area contributed by atoms with E-state index in [-0.39, 0.29) is 6.54 Å². The first-order chi connectivity index (χ1) is 9.62. The average Bonchev–Trinajstić information content (AvgIpc) is 2.34. The van der Waals surface area contributed by atoms with E-state index in [2.05, 4.69) is 0 Å². The van der Waals surface area contributed by atoms with E-state index in [1.807, 2.05) is 6.92 Å². The van der Waals surface area contributed by atoms with Gasteiger partial charge in [0.25, 0.3) is 0 Å². The second kappa shape index (κ2) is 8.87. The first kappa shape index (κ1) is 19.7. The third-order valence-electron chi connectivity index (χ3n) is 2.83. The van der Waals surface area contributed by atoms with Crippen LogP contribution in [0.15, 0.2) is 0 Å². The Hall–Kier alpha value is -1.30. The topological polar surface area (TPSA) is 76.1 Å². The first-order valence-corrected chi connectivity index (χ1v) is 7.37. The number of methoxy groups -OCH3 is 1. The zero-order valence-corrected chi connectivity index (χ0v) is 14.0. The van der Waals surface area contributed by atoms with Crippen LogP contribution in [0.3, 0.4) is 0 Å². The van der Waals surface area contributed by atoms with Gasteiger partial charge in [-0.2, -0.15) is 0 Å². The lowest BCUT2D eigenvalue weighted by Gasteiger charge is -2.32. The number of ether oxygens (including phenoxy) is 2. The summed E-state index contributed by atoms with van der Waals surface area (Å²) >= 11 is 0. The van der Waals surface area contributed by atoms with Crippen molar-refractivity contribution >= 4 is 12.1 Å². The number of rotatable bonds is 7. The highest BCUT2D eigenvalue weighted by molar-refractivity contribution is 5.81. The molecule has 0 aliphatic heterocycles. The number of aliphatic hydroxyl groups excluding tert-OH is 1. The average molecular weight is 303 g/mol. The minimum atomic E-state index is -0.686. The Morgan fingerprint density at radius 2 is 1.81 bits per heavy atom. The molecule has 0 heterocycles. The molecule has 21 heavy (non-hydrogen) atoms. The summed E-state index contributed by atoms with van der Waals surface area (Å²) in [7, 11) is 1.30. The molecule has 0 spiro atoms. The Labute approximate surface area is 127 Å². The molecule has 0 fully saturated rings. The highest BCUT2D eigenvalue weighted by atomic mass is 16.6. The summed E-state index contributed by atoms with van der Waals surface area (Å²) in [5.41, 5.74) is -0.646. The van der Waals surface area contributed by atoms with Crippen molar-refractivity contribution in [3.63, 3.8) is 0 Å². The molecule has 0 bridgehead atoms. The molecular weight excluding hydrogens is 274 g/mol. The van der Waals surface area contributed by atoms with Gasteiger partial charge in [0, 0.05) is 6.54 Å². The molecule has 6 heteroatoms. The number of amides is 1. The molecule has 0 saturated carbocycles.